The van der Waals surface area contributed by atoms with E-state index in [0.717, 1.165) is 11.3 Å². The Kier molecular flexibility index (Phi) is 5.71. The minimum absolute atomic E-state index is 0.0837. The number of rotatable bonds is 4. The fraction of sp³-hybridized carbons (Fsp3) is 0.100. The van der Waals surface area contributed by atoms with Gasteiger partial charge in [-0.1, -0.05) is 47.6 Å². The number of aryl methyl sites for hydroxylation is 2. The molecule has 0 aliphatic carbocycles. The number of hydrogen-bond donors (Lipinski definition) is 2. The van der Waals surface area contributed by atoms with Gasteiger partial charge in [-0.15, -0.1) is 11.3 Å². The molecule has 132 valence electrons. The summed E-state index contributed by atoms with van der Waals surface area (Å²) in [6.45, 7) is 4.07. The van der Waals surface area contributed by atoms with Crippen molar-refractivity contribution in [2.45, 2.75) is 13.8 Å². The summed E-state index contributed by atoms with van der Waals surface area (Å²) in [5.41, 5.74) is 3.68. The highest BCUT2D eigenvalue weighted by molar-refractivity contribution is 7.81. The van der Waals surface area contributed by atoms with Gasteiger partial charge in [-0.3, -0.25) is 0 Å². The van der Waals surface area contributed by atoms with Crippen molar-refractivity contribution < 1.29 is 9.67 Å². The van der Waals surface area contributed by atoms with Gasteiger partial charge < -0.3 is 10.4 Å². The lowest BCUT2D eigenvalue weighted by atomic mass is 10.1. The smallest absolute Gasteiger partial charge is 0.289 e. The van der Waals surface area contributed by atoms with E-state index >= 15 is 0 Å². The van der Waals surface area contributed by atoms with Crippen LogP contribution >= 0.6 is 35.2 Å². The van der Waals surface area contributed by atoms with Crippen LogP contribution in [0, 0.1) is 13.8 Å². The van der Waals surface area contributed by atoms with Crippen LogP contribution in [0.4, 0.5) is 5.69 Å². The van der Waals surface area contributed by atoms with E-state index in [1.165, 1.54) is 16.9 Å². The van der Waals surface area contributed by atoms with Crippen molar-refractivity contribution >= 4 is 57.3 Å². The monoisotopic (exact) mass is 401 g/mol. The quantitative estimate of drug-likeness (QED) is 0.257. The molecule has 3 rings (SSSR count). The molecule has 0 saturated carbocycles. The summed E-state index contributed by atoms with van der Waals surface area (Å²) in [5, 5.41) is 14.1. The fourth-order valence-electron chi connectivity index (χ4n) is 2.59. The number of pyridine rings is 1. The maximum atomic E-state index is 10.9. The number of halogens is 1. The third-order valence-electron chi connectivity index (χ3n) is 3.85. The molecule has 2 aromatic heterocycles. The molecule has 3 aromatic rings. The maximum absolute atomic E-state index is 10.9. The summed E-state index contributed by atoms with van der Waals surface area (Å²) in [7, 11) is 0. The molecule has 3 nitrogen and oxygen atoms in total. The lowest BCUT2D eigenvalue weighted by molar-refractivity contribution is -0.575. The third-order valence-corrected chi connectivity index (χ3v) is 5.38. The van der Waals surface area contributed by atoms with Gasteiger partial charge in [0.25, 0.3) is 5.70 Å². The Labute approximate surface area is 167 Å². The van der Waals surface area contributed by atoms with Crippen molar-refractivity contribution in [3.8, 4) is 0 Å². The van der Waals surface area contributed by atoms with E-state index in [2.05, 4.69) is 11.4 Å². The molecule has 0 bridgehead atoms. The van der Waals surface area contributed by atoms with Crippen molar-refractivity contribution in [2.75, 3.05) is 5.32 Å². The summed E-state index contributed by atoms with van der Waals surface area (Å²) >= 11 is 13.0. The van der Waals surface area contributed by atoms with Gasteiger partial charge in [0.2, 0.25) is 5.76 Å². The number of nitrogens with zero attached hydrogens (tertiary/aromatic N) is 1. The van der Waals surface area contributed by atoms with Gasteiger partial charge in [-0.2, -0.15) is 4.57 Å². The molecule has 0 atom stereocenters. The fourth-order valence-corrected chi connectivity index (χ4v) is 3.89. The number of thiophene rings is 1. The highest BCUT2D eigenvalue weighted by atomic mass is 35.5. The number of hydrogen-bond acceptors (Lipinski definition) is 3. The number of aromatic nitrogens is 1. The van der Waals surface area contributed by atoms with E-state index in [-0.39, 0.29) is 5.76 Å². The Morgan fingerprint density at radius 3 is 2.46 bits per heavy atom. The van der Waals surface area contributed by atoms with Gasteiger partial charge in [-0.05, 0) is 37.6 Å². The largest absolute Gasteiger partial charge is 0.501 e. The second-order valence-corrected chi connectivity index (χ2v) is 7.98. The molecule has 2 N–H and O–H groups in total. The molecule has 0 fully saturated rings. The van der Waals surface area contributed by atoms with E-state index in [0.29, 0.717) is 19.9 Å². The maximum Gasteiger partial charge on any atom is 0.289 e. The van der Waals surface area contributed by atoms with Crippen LogP contribution in [0.5, 0.6) is 0 Å². The first-order chi connectivity index (χ1) is 12.5. The summed E-state index contributed by atoms with van der Waals surface area (Å²) in [4.78, 5) is 1.08. The molecule has 0 unspecified atom stereocenters. The molecule has 1 aromatic carbocycles. The number of anilines is 1. The Balaban J connectivity index is 2.04. The Hall–Kier alpha value is -2.21. The van der Waals surface area contributed by atoms with E-state index in [4.69, 9.17) is 23.8 Å². The molecule has 0 radical (unpaired) electrons. The first-order valence-electron chi connectivity index (χ1n) is 8.00. The molecule has 0 amide bonds. The summed E-state index contributed by atoms with van der Waals surface area (Å²) in [6.07, 6.45) is 3.69. The zero-order chi connectivity index (χ0) is 18.7. The van der Waals surface area contributed by atoms with Crippen molar-refractivity contribution in [1.29, 1.82) is 0 Å². The van der Waals surface area contributed by atoms with Crippen molar-refractivity contribution in [3.63, 3.8) is 0 Å². The van der Waals surface area contributed by atoms with Crippen molar-refractivity contribution in [2.24, 2.45) is 0 Å². The van der Waals surface area contributed by atoms with Crippen LogP contribution in [0.15, 0.2) is 60.9 Å². The zero-order valence-corrected chi connectivity index (χ0v) is 16.8. The van der Waals surface area contributed by atoms with Gasteiger partial charge in [0.15, 0.2) is 17.4 Å². The molecule has 0 saturated heterocycles. The van der Waals surface area contributed by atoms with Crippen molar-refractivity contribution in [1.82, 2.24) is 0 Å². The highest BCUT2D eigenvalue weighted by Crippen LogP contribution is 2.29. The lowest BCUT2D eigenvalue weighted by Crippen LogP contribution is -2.38. The van der Waals surface area contributed by atoms with Crippen LogP contribution in [0.2, 0.25) is 4.34 Å². The number of thiocarbonyl (C=S) groups is 1. The van der Waals surface area contributed by atoms with E-state index in [1.54, 1.807) is 16.7 Å². The van der Waals surface area contributed by atoms with Crippen LogP contribution in [-0.4, -0.2) is 10.1 Å². The van der Waals surface area contributed by atoms with Crippen LogP contribution in [0.3, 0.4) is 0 Å². The molecule has 0 spiro atoms. The first kappa shape index (κ1) is 18.6. The summed E-state index contributed by atoms with van der Waals surface area (Å²) < 4.78 is 2.40. The van der Waals surface area contributed by atoms with Gasteiger partial charge in [0.05, 0.1) is 9.21 Å². The molecule has 6 heteroatoms. The summed E-state index contributed by atoms with van der Waals surface area (Å²) in [5.74, 6) is 0.0837. The third kappa shape index (κ3) is 4.12. The molecule has 26 heavy (non-hydrogen) atoms. The number of aliphatic hydroxyl groups is 1. The van der Waals surface area contributed by atoms with Crippen molar-refractivity contribution in [3.05, 3.63) is 81.3 Å². The van der Waals surface area contributed by atoms with Crippen LogP contribution in [0.1, 0.15) is 16.0 Å². The second kappa shape index (κ2) is 7.99. The van der Waals surface area contributed by atoms with Gasteiger partial charge >= 0.3 is 0 Å². The van der Waals surface area contributed by atoms with Crippen LogP contribution in [0.25, 0.3) is 11.5 Å². The number of benzene rings is 1. The SMILES string of the molecule is Cc1ccc(NC(=S)C(=C(O)c2ccc(Cl)s2)[n+]2ccccc2)c(C)c1. The zero-order valence-electron chi connectivity index (χ0n) is 14.4. The molecule has 2 heterocycles. The predicted molar refractivity (Wildman–Crippen MR) is 114 cm³/mol. The lowest BCUT2D eigenvalue weighted by Gasteiger charge is -2.12. The highest BCUT2D eigenvalue weighted by Gasteiger charge is 2.24. The standard InChI is InChI=1S/C20H17ClN2OS2/c1-13-6-7-15(14(2)12-13)22-20(25)18(23-10-4-3-5-11-23)19(24)16-8-9-17(21)26-16/h3-12H,1-2H3,(H-,22,24,25)/p+1. The Bertz CT molecular complexity index is 980. The van der Waals surface area contributed by atoms with E-state index in [9.17, 15) is 5.11 Å². The first-order valence-corrected chi connectivity index (χ1v) is 9.60. The second-order valence-electron chi connectivity index (χ2n) is 5.86. The average Bonchev–Trinajstić information content (AvgIpc) is 3.05. The average molecular weight is 402 g/mol. The minimum atomic E-state index is 0.0837. The van der Waals surface area contributed by atoms with E-state index < -0.39 is 0 Å². The normalized spacial score (nSPS) is 11.8. The molecular formula is C20H18ClN2OS2+. The van der Waals surface area contributed by atoms with Gasteiger partial charge in [0, 0.05) is 17.8 Å². The minimum Gasteiger partial charge on any atom is -0.501 e. The Morgan fingerprint density at radius 2 is 1.85 bits per heavy atom. The Morgan fingerprint density at radius 1 is 1.12 bits per heavy atom. The molecule has 0 aliphatic rings. The number of aliphatic hydroxyl groups excluding tert-OH is 1. The van der Waals surface area contributed by atoms with Gasteiger partial charge in [-0.25, -0.2) is 0 Å². The van der Waals surface area contributed by atoms with Gasteiger partial charge in [0.1, 0.15) is 0 Å². The molecular weight excluding hydrogens is 384 g/mol. The predicted octanol–water partition coefficient (Wildman–Crippen LogP) is 5.63. The summed E-state index contributed by atoms with van der Waals surface area (Å²) in [6, 6.07) is 15.3. The van der Waals surface area contributed by atoms with Crippen LogP contribution in [-0.2, 0) is 0 Å². The topological polar surface area (TPSA) is 36.1 Å². The van der Waals surface area contributed by atoms with E-state index in [1.807, 2.05) is 56.6 Å². The van der Waals surface area contributed by atoms with Crippen LogP contribution < -0.4 is 9.88 Å². The number of nitrogens with one attached hydrogen (secondary N) is 1. The molecule has 0 aliphatic heterocycles.